The summed E-state index contributed by atoms with van der Waals surface area (Å²) in [6, 6.07) is 0. The van der Waals surface area contributed by atoms with Gasteiger partial charge < -0.3 is 35.2 Å². The molecule has 7 N–H and O–H groups in total. The average molecular weight is 427 g/mol. The monoisotopic (exact) mass is 427 g/mol. The summed E-state index contributed by atoms with van der Waals surface area (Å²) in [5, 5.41) is 10.4. The van der Waals surface area contributed by atoms with Crippen molar-refractivity contribution in [3.8, 4) is 0 Å². The van der Waals surface area contributed by atoms with Crippen LogP contribution in [0.5, 0.6) is 0 Å². The predicted molar refractivity (Wildman–Crippen MR) is 84.6 cm³/mol. The number of aliphatic hydroxyl groups is 1. The molecule has 5 atom stereocenters. The molecule has 2 fully saturated rings. The van der Waals surface area contributed by atoms with E-state index in [0.29, 0.717) is 11.2 Å². The number of aromatic nitrogens is 4. The Hall–Kier alpha value is -1.51. The van der Waals surface area contributed by atoms with Gasteiger partial charge >= 0.3 is 15.6 Å². The minimum Gasteiger partial charge on any atom is -0.386 e. The number of ether oxygens (including phenoxy) is 1. The molecular formula is C10H15N5O10P2. The molecule has 0 spiro atoms. The number of imidazole rings is 1. The second kappa shape index (κ2) is 7.14. The van der Waals surface area contributed by atoms with Gasteiger partial charge in [-0.25, -0.2) is 24.1 Å². The van der Waals surface area contributed by atoms with E-state index in [0.717, 1.165) is 0 Å². The molecule has 2 aromatic heterocycles. The smallest absolute Gasteiger partial charge is 0.386 e. The number of phosphoric ester groups is 1. The van der Waals surface area contributed by atoms with Crippen LogP contribution >= 0.6 is 15.6 Å². The van der Waals surface area contributed by atoms with Crippen molar-refractivity contribution in [3.05, 3.63) is 12.7 Å². The third kappa shape index (κ3) is 4.50. The molecule has 0 radical (unpaired) electrons. The molecule has 17 heteroatoms. The van der Waals surface area contributed by atoms with Crippen LogP contribution in [-0.4, -0.2) is 69.1 Å². The van der Waals surface area contributed by atoms with Gasteiger partial charge in [-0.2, -0.15) is 0 Å². The zero-order valence-electron chi connectivity index (χ0n) is 13.2. The quantitative estimate of drug-likeness (QED) is 0.277. The first-order valence-corrected chi connectivity index (χ1v) is 10.2. The van der Waals surface area contributed by atoms with Crippen LogP contribution in [0.3, 0.4) is 0 Å². The summed E-state index contributed by atoms with van der Waals surface area (Å²) < 4.78 is 37.0. The van der Waals surface area contributed by atoms with Gasteiger partial charge in [0.2, 0.25) is 0 Å². The van der Waals surface area contributed by atoms with Crippen molar-refractivity contribution in [1.29, 1.82) is 0 Å². The maximum Gasteiger partial charge on any atom is 0.472 e. The number of aliphatic hydroxyl groups excluding tert-OH is 1. The lowest BCUT2D eigenvalue weighted by Gasteiger charge is -2.27. The normalized spacial score (nSPS) is 33.4. The molecule has 0 bridgehead atoms. The molecule has 0 aliphatic carbocycles. The third-order valence-corrected chi connectivity index (χ3v) is 4.61. The van der Waals surface area contributed by atoms with Gasteiger partial charge in [0.15, 0.2) is 17.7 Å². The van der Waals surface area contributed by atoms with E-state index in [2.05, 4.69) is 19.5 Å². The third-order valence-electron chi connectivity index (χ3n) is 3.63. The molecule has 0 saturated carbocycles. The lowest BCUT2D eigenvalue weighted by atomic mass is 10.1. The molecule has 27 heavy (non-hydrogen) atoms. The van der Waals surface area contributed by atoms with Gasteiger partial charge in [-0.15, -0.1) is 0 Å². The zero-order chi connectivity index (χ0) is 20.0. The van der Waals surface area contributed by atoms with Crippen molar-refractivity contribution in [1.82, 2.24) is 19.5 Å². The molecule has 4 heterocycles. The minimum atomic E-state index is -4.64. The van der Waals surface area contributed by atoms with Crippen molar-refractivity contribution in [2.45, 2.75) is 24.5 Å². The van der Waals surface area contributed by atoms with E-state index in [1.165, 1.54) is 17.2 Å². The first-order chi connectivity index (χ1) is 12.5. The van der Waals surface area contributed by atoms with Gasteiger partial charge in [0.1, 0.15) is 30.2 Å². The molecule has 2 saturated heterocycles. The molecule has 4 rings (SSSR count). The Morgan fingerprint density at radius 2 is 1.96 bits per heavy atom. The fraction of sp³-hybridized carbons (Fsp3) is 0.500. The maximum atomic E-state index is 11.5. The Morgan fingerprint density at radius 3 is 2.63 bits per heavy atom. The van der Waals surface area contributed by atoms with Crippen molar-refractivity contribution < 1.29 is 47.6 Å². The van der Waals surface area contributed by atoms with Gasteiger partial charge in [-0.05, 0) is 0 Å². The standard InChI is InChI=1S/C10H12N5O6P.H3O4P/c11-8-5-9(13-2-12-8)15(3-14-5)10-6(16)7-4(20-10)1-19-22(17,18)21-7;1-5(2,3)4/h2-4,6-7,10,16H,1H2,(H,17,18)(H2,11,12,13);(H3,1,2,3,4)/t4-,6-,7-,10-;/m1./s1. The van der Waals surface area contributed by atoms with E-state index in [4.69, 9.17) is 34.2 Å². The Kier molecular flexibility index (Phi) is 5.35. The van der Waals surface area contributed by atoms with Crippen molar-refractivity contribution in [2.75, 3.05) is 12.3 Å². The molecule has 150 valence electrons. The molecule has 0 aromatic carbocycles. The Bertz CT molecular complexity index is 924. The first-order valence-electron chi connectivity index (χ1n) is 7.17. The van der Waals surface area contributed by atoms with Gasteiger partial charge in [0, 0.05) is 0 Å². The van der Waals surface area contributed by atoms with Crippen LogP contribution in [0.2, 0.25) is 0 Å². The van der Waals surface area contributed by atoms with Gasteiger partial charge in [-0.1, -0.05) is 0 Å². The molecule has 0 amide bonds. The van der Waals surface area contributed by atoms with Crippen LogP contribution in [0.1, 0.15) is 6.23 Å². The second-order valence-electron chi connectivity index (χ2n) is 5.49. The predicted octanol–water partition coefficient (Wildman–Crippen LogP) is -1.75. The van der Waals surface area contributed by atoms with E-state index < -0.39 is 40.2 Å². The Labute approximate surface area is 150 Å². The molecule has 2 aliphatic heterocycles. The zero-order valence-corrected chi connectivity index (χ0v) is 15.0. The fourth-order valence-corrected chi connectivity index (χ4v) is 3.59. The summed E-state index contributed by atoms with van der Waals surface area (Å²) in [7, 11) is -8.80. The minimum absolute atomic E-state index is 0.157. The molecule has 2 aromatic rings. The second-order valence-corrected chi connectivity index (χ2v) is 7.92. The summed E-state index contributed by atoms with van der Waals surface area (Å²) in [6.45, 7) is -0.157. The Morgan fingerprint density at radius 1 is 1.30 bits per heavy atom. The van der Waals surface area contributed by atoms with Gasteiger partial charge in [0.05, 0.1) is 12.9 Å². The number of fused-ring (bicyclic) bond motifs is 2. The van der Waals surface area contributed by atoms with Crippen molar-refractivity contribution in [3.63, 3.8) is 0 Å². The molecular weight excluding hydrogens is 412 g/mol. The van der Waals surface area contributed by atoms with E-state index >= 15 is 0 Å². The molecule has 15 nitrogen and oxygen atoms in total. The van der Waals surface area contributed by atoms with Crippen molar-refractivity contribution >= 4 is 32.6 Å². The molecule has 2 aliphatic rings. The summed E-state index contributed by atoms with van der Waals surface area (Å²) in [5.74, 6) is 0.202. The lowest BCUT2D eigenvalue weighted by Crippen LogP contribution is -2.39. The number of nitrogen functional groups attached to an aromatic ring is 1. The van der Waals surface area contributed by atoms with Gasteiger partial charge in [-0.3, -0.25) is 13.6 Å². The average Bonchev–Trinajstić information content (AvgIpc) is 3.08. The summed E-state index contributed by atoms with van der Waals surface area (Å²) >= 11 is 0. The summed E-state index contributed by atoms with van der Waals surface area (Å²) in [5.41, 5.74) is 6.46. The van der Waals surface area contributed by atoms with Crippen LogP contribution in [0.4, 0.5) is 5.82 Å². The number of nitrogens with zero attached hydrogens (tertiary/aromatic N) is 4. The number of rotatable bonds is 1. The topological polar surface area (TPSA) is 233 Å². The van der Waals surface area contributed by atoms with Gasteiger partial charge in [0.25, 0.3) is 0 Å². The number of nitrogens with two attached hydrogens (primary N) is 1. The lowest BCUT2D eigenvalue weighted by molar-refractivity contribution is -0.0664. The number of hydrogen-bond donors (Lipinski definition) is 6. The van der Waals surface area contributed by atoms with Crippen LogP contribution in [0, 0.1) is 0 Å². The van der Waals surface area contributed by atoms with E-state index in [1.807, 2.05) is 0 Å². The highest BCUT2D eigenvalue weighted by molar-refractivity contribution is 7.47. The maximum absolute atomic E-state index is 11.5. The Balaban J connectivity index is 0.000000376. The summed E-state index contributed by atoms with van der Waals surface area (Å²) in [6.07, 6.45) is -1.07. The van der Waals surface area contributed by atoms with E-state index in [-0.39, 0.29) is 12.4 Å². The van der Waals surface area contributed by atoms with Crippen LogP contribution in [0.15, 0.2) is 12.7 Å². The number of hydrogen-bond acceptors (Lipinski definition) is 10. The number of phosphoric acid groups is 2. The van der Waals surface area contributed by atoms with Crippen LogP contribution < -0.4 is 5.73 Å². The van der Waals surface area contributed by atoms with Crippen LogP contribution in [0.25, 0.3) is 11.2 Å². The van der Waals surface area contributed by atoms with E-state index in [1.54, 1.807) is 0 Å². The highest BCUT2D eigenvalue weighted by Gasteiger charge is 2.52. The van der Waals surface area contributed by atoms with Crippen LogP contribution in [-0.2, 0) is 22.9 Å². The number of anilines is 1. The first kappa shape index (κ1) is 20.2. The fourth-order valence-electron chi connectivity index (χ4n) is 2.62. The highest BCUT2D eigenvalue weighted by atomic mass is 31.2. The van der Waals surface area contributed by atoms with E-state index in [9.17, 15) is 14.6 Å². The molecule has 1 unspecified atom stereocenters. The SMILES string of the molecule is Nc1ncnc2c1ncn2[C@@H]1O[C@@H]2COP(=O)(O)O[C@H]2[C@H]1O.O=P(O)(O)O. The van der Waals surface area contributed by atoms with Crippen molar-refractivity contribution in [2.24, 2.45) is 0 Å². The summed E-state index contributed by atoms with van der Waals surface area (Å²) in [4.78, 5) is 42.9. The highest BCUT2D eigenvalue weighted by Crippen LogP contribution is 2.52. The largest absolute Gasteiger partial charge is 0.472 e.